The number of nitrogens with zero attached hydrogens (tertiary/aromatic N) is 4. The molecule has 0 unspecified atom stereocenters. The minimum Gasteiger partial charge on any atom is -0.396 e. The molecule has 0 aliphatic heterocycles. The molecule has 6 nitrogen and oxygen atoms in total. The Morgan fingerprint density at radius 3 is 1.50 bits per heavy atom. The highest BCUT2D eigenvalue weighted by atomic mass is 16.3. The van der Waals surface area contributed by atoms with Crippen molar-refractivity contribution in [3.63, 3.8) is 0 Å². The van der Waals surface area contributed by atoms with Gasteiger partial charge in [-0.05, 0) is 36.8 Å². The number of aliphatic hydroxyl groups excluding tert-OH is 2. The molecule has 2 aromatic heterocycles. The molecule has 0 aliphatic rings. The van der Waals surface area contributed by atoms with Gasteiger partial charge in [0, 0.05) is 39.7 Å². The van der Waals surface area contributed by atoms with E-state index in [2.05, 4.69) is 10.2 Å². The molecular weight excluding hydrogens is 256 g/mol. The molecule has 0 fully saturated rings. The van der Waals surface area contributed by atoms with Crippen LogP contribution in [0.15, 0.2) is 24.8 Å². The predicted octanol–water partition coefficient (Wildman–Crippen LogP) is 0.690. The Morgan fingerprint density at radius 2 is 1.25 bits per heavy atom. The van der Waals surface area contributed by atoms with Crippen LogP contribution in [-0.2, 0) is 26.9 Å². The van der Waals surface area contributed by atoms with E-state index in [1.807, 2.05) is 38.9 Å². The van der Waals surface area contributed by atoms with Gasteiger partial charge in [0.25, 0.3) is 0 Å². The number of hydrogen-bond donors (Lipinski definition) is 2. The van der Waals surface area contributed by atoms with Gasteiger partial charge < -0.3 is 10.2 Å². The van der Waals surface area contributed by atoms with E-state index in [1.54, 1.807) is 9.36 Å². The van der Waals surface area contributed by atoms with E-state index < -0.39 is 0 Å². The summed E-state index contributed by atoms with van der Waals surface area (Å²) < 4.78 is 3.54. The van der Waals surface area contributed by atoms with Crippen molar-refractivity contribution in [1.82, 2.24) is 19.6 Å². The largest absolute Gasteiger partial charge is 0.396 e. The van der Waals surface area contributed by atoms with Crippen molar-refractivity contribution in [2.75, 3.05) is 13.2 Å². The third kappa shape index (κ3) is 6.49. The van der Waals surface area contributed by atoms with E-state index in [0.717, 1.165) is 25.7 Å². The smallest absolute Gasteiger partial charge is 0.0521 e. The molecule has 0 aromatic carbocycles. The zero-order chi connectivity index (χ0) is 14.8. The van der Waals surface area contributed by atoms with E-state index in [4.69, 9.17) is 10.2 Å². The quantitative estimate of drug-likeness (QED) is 0.816. The van der Waals surface area contributed by atoms with Crippen LogP contribution in [0.5, 0.6) is 0 Å². The monoisotopic (exact) mass is 280 g/mol. The van der Waals surface area contributed by atoms with Crippen molar-refractivity contribution >= 4 is 0 Å². The molecule has 0 saturated carbocycles. The van der Waals surface area contributed by atoms with E-state index in [1.165, 1.54) is 11.1 Å². The van der Waals surface area contributed by atoms with Crippen LogP contribution in [0.1, 0.15) is 24.0 Å². The summed E-state index contributed by atoms with van der Waals surface area (Å²) in [5.41, 5.74) is 2.38. The molecule has 2 N–H and O–H groups in total. The molecule has 0 amide bonds. The molecule has 0 radical (unpaired) electrons. The Bertz CT molecular complexity index is 435. The maximum atomic E-state index is 8.51. The molecule has 0 aliphatic carbocycles. The van der Waals surface area contributed by atoms with Crippen LogP contribution in [0.4, 0.5) is 0 Å². The lowest BCUT2D eigenvalue weighted by Crippen LogP contribution is -1.87. The van der Waals surface area contributed by atoms with Gasteiger partial charge in [-0.2, -0.15) is 10.2 Å². The lowest BCUT2D eigenvalue weighted by molar-refractivity contribution is 0.288. The van der Waals surface area contributed by atoms with Crippen molar-refractivity contribution in [2.45, 2.75) is 25.7 Å². The lowest BCUT2D eigenvalue weighted by Gasteiger charge is -1.90. The fraction of sp³-hybridized carbons (Fsp3) is 0.571. The van der Waals surface area contributed by atoms with E-state index >= 15 is 0 Å². The second kappa shape index (κ2) is 9.28. The number of aliphatic hydroxyl groups is 2. The molecule has 2 heterocycles. The SMILES string of the molecule is Cn1cc(CCCO)cn1.Cn1cc(CCCO)cn1. The highest BCUT2D eigenvalue weighted by Gasteiger charge is 1.94. The summed E-state index contributed by atoms with van der Waals surface area (Å²) in [4.78, 5) is 0. The van der Waals surface area contributed by atoms with Gasteiger partial charge in [-0.1, -0.05) is 0 Å². The van der Waals surface area contributed by atoms with Gasteiger partial charge in [-0.25, -0.2) is 0 Å². The normalized spacial score (nSPS) is 10.2. The summed E-state index contributed by atoms with van der Waals surface area (Å²) >= 11 is 0. The Labute approximate surface area is 119 Å². The third-order valence-electron chi connectivity index (χ3n) is 2.76. The van der Waals surface area contributed by atoms with Gasteiger partial charge in [0.2, 0.25) is 0 Å². The summed E-state index contributed by atoms with van der Waals surface area (Å²) in [7, 11) is 3.78. The van der Waals surface area contributed by atoms with Crippen molar-refractivity contribution in [3.8, 4) is 0 Å². The Hall–Kier alpha value is -1.66. The highest BCUT2D eigenvalue weighted by molar-refractivity contribution is 5.03. The Balaban J connectivity index is 0.000000200. The van der Waals surface area contributed by atoms with E-state index in [9.17, 15) is 0 Å². The maximum Gasteiger partial charge on any atom is 0.0521 e. The first kappa shape index (κ1) is 16.4. The van der Waals surface area contributed by atoms with Gasteiger partial charge in [0.1, 0.15) is 0 Å². The average Bonchev–Trinajstić information content (AvgIpc) is 3.03. The van der Waals surface area contributed by atoms with Crippen molar-refractivity contribution in [3.05, 3.63) is 35.9 Å². The molecule has 112 valence electrons. The Kier molecular flexibility index (Phi) is 7.60. The van der Waals surface area contributed by atoms with Crippen LogP contribution in [0.25, 0.3) is 0 Å². The van der Waals surface area contributed by atoms with Crippen molar-refractivity contribution < 1.29 is 10.2 Å². The zero-order valence-corrected chi connectivity index (χ0v) is 12.2. The lowest BCUT2D eigenvalue weighted by atomic mass is 10.2. The minimum atomic E-state index is 0.259. The van der Waals surface area contributed by atoms with Crippen molar-refractivity contribution in [1.29, 1.82) is 0 Å². The number of aromatic nitrogens is 4. The first-order chi connectivity index (χ1) is 9.65. The standard InChI is InChI=1S/2C7H12N2O/c2*1-9-6-7(5-8-9)3-2-4-10/h2*5-6,10H,2-4H2,1H3. The van der Waals surface area contributed by atoms with Crippen LogP contribution in [-0.4, -0.2) is 43.0 Å². The van der Waals surface area contributed by atoms with E-state index in [0.29, 0.717) is 0 Å². The minimum absolute atomic E-state index is 0.259. The number of rotatable bonds is 6. The molecule has 20 heavy (non-hydrogen) atoms. The molecule has 0 spiro atoms. The van der Waals surface area contributed by atoms with Crippen molar-refractivity contribution in [2.24, 2.45) is 14.1 Å². The molecule has 2 aromatic rings. The number of aryl methyl sites for hydroxylation is 4. The molecule has 2 rings (SSSR count). The average molecular weight is 280 g/mol. The predicted molar refractivity (Wildman–Crippen MR) is 77.2 cm³/mol. The van der Waals surface area contributed by atoms with Gasteiger partial charge in [-0.3, -0.25) is 9.36 Å². The Morgan fingerprint density at radius 1 is 0.850 bits per heavy atom. The molecule has 6 heteroatoms. The topological polar surface area (TPSA) is 76.1 Å². The van der Waals surface area contributed by atoms with Gasteiger partial charge in [0.15, 0.2) is 0 Å². The summed E-state index contributed by atoms with van der Waals surface area (Å²) in [6.07, 6.45) is 11.1. The third-order valence-corrected chi connectivity index (χ3v) is 2.76. The molecule has 0 bridgehead atoms. The van der Waals surface area contributed by atoms with Crippen LogP contribution in [0.3, 0.4) is 0 Å². The summed E-state index contributed by atoms with van der Waals surface area (Å²) in [5, 5.41) is 25.0. The molecule has 0 saturated heterocycles. The highest BCUT2D eigenvalue weighted by Crippen LogP contribution is 1.99. The second-order valence-electron chi connectivity index (χ2n) is 4.70. The first-order valence-corrected chi connectivity index (χ1v) is 6.82. The summed E-state index contributed by atoms with van der Waals surface area (Å²) in [5.74, 6) is 0. The van der Waals surface area contributed by atoms with Gasteiger partial charge in [-0.15, -0.1) is 0 Å². The van der Waals surface area contributed by atoms with Gasteiger partial charge in [0.05, 0.1) is 12.4 Å². The van der Waals surface area contributed by atoms with Crippen LogP contribution in [0, 0.1) is 0 Å². The van der Waals surface area contributed by atoms with Crippen LogP contribution < -0.4 is 0 Å². The van der Waals surface area contributed by atoms with Crippen LogP contribution >= 0.6 is 0 Å². The van der Waals surface area contributed by atoms with Crippen LogP contribution in [0.2, 0.25) is 0 Å². The zero-order valence-electron chi connectivity index (χ0n) is 12.2. The fourth-order valence-corrected chi connectivity index (χ4v) is 1.77. The van der Waals surface area contributed by atoms with Gasteiger partial charge >= 0.3 is 0 Å². The first-order valence-electron chi connectivity index (χ1n) is 6.82. The molecule has 0 atom stereocenters. The fourth-order valence-electron chi connectivity index (χ4n) is 1.77. The number of hydrogen-bond acceptors (Lipinski definition) is 4. The summed E-state index contributed by atoms with van der Waals surface area (Å²) in [6.45, 7) is 0.518. The maximum absolute atomic E-state index is 8.51. The molecular formula is C14H24N4O2. The second-order valence-corrected chi connectivity index (χ2v) is 4.70. The summed E-state index contributed by atoms with van der Waals surface area (Å²) in [6, 6.07) is 0. The van der Waals surface area contributed by atoms with E-state index in [-0.39, 0.29) is 13.2 Å².